The minimum Gasteiger partial charge on any atom is -0.493 e. The molecule has 5 aromatic carbocycles. The number of nitrogens with one attached hydrogen (secondary N) is 2. The molecule has 1 aromatic heterocycles. The van der Waals surface area contributed by atoms with E-state index in [9.17, 15) is 28.8 Å². The van der Waals surface area contributed by atoms with Gasteiger partial charge in [0, 0.05) is 60.2 Å². The molecule has 13 heteroatoms. The number of nitrogens with zero attached hydrogens (tertiary/aromatic N) is 3. The Hall–Kier alpha value is -7.28. The van der Waals surface area contributed by atoms with E-state index < -0.39 is 30.3 Å². The molecular formula is C55H59N5O8. The standard InChI is InChI=1S/C55H59N5O8/c1-4-5-30-68-50-23-13-12-20-41(50)35-60-46-31-37(33-48(62)44-21-14-28-58(44)53(64)51(56-36(2)61)39-16-8-6-9-17-39)24-26-42(46)43-27-25-38(32-47(43)60)34-49(63)45-22-15-29-59(45)54(65)52(57-55(66)67-3)40-18-10-7-11-19-40/h6-13,16-20,23-27,31-32,44-45,51-52H,4-5,14-15,21-22,28-30,33-35H2,1-3H3,(H,56,61)(H,57,66)/t44-,45-,51+,52+/m0/s1. The zero-order valence-corrected chi connectivity index (χ0v) is 38.9. The van der Waals surface area contributed by atoms with Gasteiger partial charge in [-0.25, -0.2) is 4.79 Å². The summed E-state index contributed by atoms with van der Waals surface area (Å²) in [6.07, 6.45) is 3.75. The molecule has 0 aliphatic carbocycles. The third kappa shape index (κ3) is 10.5. The average Bonchev–Trinajstić information content (AvgIpc) is 4.12. The lowest BCUT2D eigenvalue weighted by atomic mass is 9.98. The highest BCUT2D eigenvalue weighted by Gasteiger charge is 2.39. The lowest BCUT2D eigenvalue weighted by molar-refractivity contribution is -0.140. The third-order valence-electron chi connectivity index (χ3n) is 13.2. The summed E-state index contributed by atoms with van der Waals surface area (Å²) in [4.78, 5) is 84.6. The fourth-order valence-corrected chi connectivity index (χ4v) is 9.80. The van der Waals surface area contributed by atoms with E-state index in [-0.39, 0.29) is 42.1 Å². The highest BCUT2D eigenvalue weighted by atomic mass is 16.5. The Morgan fingerprint density at radius 2 is 1.15 bits per heavy atom. The van der Waals surface area contributed by atoms with Crippen LogP contribution in [-0.4, -0.2) is 88.6 Å². The van der Waals surface area contributed by atoms with Crippen LogP contribution in [0.5, 0.6) is 5.75 Å². The van der Waals surface area contributed by atoms with Crippen molar-refractivity contribution in [1.29, 1.82) is 0 Å². The average molecular weight is 918 g/mol. The van der Waals surface area contributed by atoms with Gasteiger partial charge in [0.2, 0.25) is 11.8 Å². The molecule has 3 heterocycles. The molecular weight excluding hydrogens is 859 g/mol. The molecule has 0 spiro atoms. The van der Waals surface area contributed by atoms with Crippen LogP contribution in [-0.2, 0) is 48.1 Å². The Labute approximate surface area is 396 Å². The number of methoxy groups -OCH3 is 1. The number of fused-ring (bicyclic) bond motifs is 3. The minimum atomic E-state index is -1.01. The van der Waals surface area contributed by atoms with Crippen molar-refractivity contribution in [2.24, 2.45) is 0 Å². The van der Waals surface area contributed by atoms with Crippen LogP contribution in [0, 0.1) is 0 Å². The van der Waals surface area contributed by atoms with Gasteiger partial charge in [-0.1, -0.05) is 116 Å². The Bertz CT molecular complexity index is 2810. The summed E-state index contributed by atoms with van der Waals surface area (Å²) in [5.41, 5.74) is 5.63. The van der Waals surface area contributed by atoms with Crippen molar-refractivity contribution < 1.29 is 38.2 Å². The van der Waals surface area contributed by atoms with Crippen LogP contribution in [0.4, 0.5) is 4.79 Å². The molecule has 2 fully saturated rings. The zero-order valence-electron chi connectivity index (χ0n) is 38.9. The number of benzene rings is 5. The van der Waals surface area contributed by atoms with Gasteiger partial charge in [0.25, 0.3) is 5.91 Å². The molecule has 2 saturated heterocycles. The van der Waals surface area contributed by atoms with E-state index >= 15 is 0 Å². The van der Waals surface area contributed by atoms with Gasteiger partial charge in [-0.15, -0.1) is 0 Å². The van der Waals surface area contributed by atoms with Gasteiger partial charge in [-0.05, 0) is 72.6 Å². The molecule has 6 aromatic rings. The topological polar surface area (TPSA) is 156 Å². The quantitative estimate of drug-likeness (QED) is 0.0818. The van der Waals surface area contributed by atoms with Crippen molar-refractivity contribution in [3.05, 3.63) is 149 Å². The fourth-order valence-electron chi connectivity index (χ4n) is 9.80. The first-order chi connectivity index (χ1) is 33.0. The Morgan fingerprint density at radius 1 is 0.647 bits per heavy atom. The highest BCUT2D eigenvalue weighted by Crippen LogP contribution is 2.35. The predicted octanol–water partition coefficient (Wildman–Crippen LogP) is 8.20. The number of ketones is 2. The maximum Gasteiger partial charge on any atom is 0.407 e. The highest BCUT2D eigenvalue weighted by molar-refractivity contribution is 6.09. The number of carbonyl (C=O) groups is 6. The van der Waals surface area contributed by atoms with Crippen LogP contribution in [0.2, 0.25) is 0 Å². The van der Waals surface area contributed by atoms with Crippen molar-refractivity contribution in [1.82, 2.24) is 25.0 Å². The summed E-state index contributed by atoms with van der Waals surface area (Å²) in [5, 5.41) is 7.44. The molecule has 4 amide bonds. The molecule has 352 valence electrons. The number of unbranched alkanes of at least 4 members (excludes halogenated alkanes) is 1. The number of alkyl carbamates (subject to hydrolysis) is 1. The number of hydrogen-bond donors (Lipinski definition) is 2. The second-order valence-corrected chi connectivity index (χ2v) is 17.8. The van der Waals surface area contributed by atoms with Crippen LogP contribution in [0.1, 0.15) is 92.3 Å². The van der Waals surface area contributed by atoms with E-state index in [4.69, 9.17) is 9.47 Å². The summed E-state index contributed by atoms with van der Waals surface area (Å²) in [6, 6.07) is 34.9. The Morgan fingerprint density at radius 3 is 1.65 bits per heavy atom. The lowest BCUT2D eigenvalue weighted by Crippen LogP contribution is -2.47. The fraction of sp³-hybridized carbons (Fsp3) is 0.345. The number of aromatic nitrogens is 1. The van der Waals surface area contributed by atoms with E-state index in [0.717, 1.165) is 57.1 Å². The number of amides is 4. The normalized spacial score (nSPS) is 16.6. The van der Waals surface area contributed by atoms with Crippen LogP contribution in [0.3, 0.4) is 0 Å². The zero-order chi connectivity index (χ0) is 47.7. The van der Waals surface area contributed by atoms with Gasteiger partial charge in [-0.3, -0.25) is 24.0 Å². The second kappa shape index (κ2) is 21.6. The second-order valence-electron chi connectivity index (χ2n) is 17.8. The predicted molar refractivity (Wildman–Crippen MR) is 260 cm³/mol. The number of para-hydroxylation sites is 1. The molecule has 0 bridgehead atoms. The maximum absolute atomic E-state index is 14.3. The van der Waals surface area contributed by atoms with E-state index in [2.05, 4.69) is 34.3 Å². The first-order valence-electron chi connectivity index (χ1n) is 23.7. The van der Waals surface area contributed by atoms with Crippen molar-refractivity contribution in [2.75, 3.05) is 26.8 Å². The van der Waals surface area contributed by atoms with Gasteiger partial charge in [0.15, 0.2) is 11.6 Å². The number of Topliss-reactive ketones (excluding diaryl/α,β-unsaturated/α-hetero) is 2. The molecule has 2 aliphatic heterocycles. The molecule has 0 radical (unpaired) electrons. The molecule has 0 saturated carbocycles. The Kier molecular flexibility index (Phi) is 15.0. The summed E-state index contributed by atoms with van der Waals surface area (Å²) in [6.45, 7) is 5.35. The smallest absolute Gasteiger partial charge is 0.407 e. The summed E-state index contributed by atoms with van der Waals surface area (Å²) in [5.74, 6) is -0.373. The van der Waals surface area contributed by atoms with Gasteiger partial charge in [0.05, 0.1) is 32.3 Å². The van der Waals surface area contributed by atoms with E-state index in [1.54, 1.807) is 46.2 Å². The molecule has 2 aliphatic rings. The number of rotatable bonds is 18. The van der Waals surface area contributed by atoms with Gasteiger partial charge in [0.1, 0.15) is 17.8 Å². The van der Waals surface area contributed by atoms with Crippen LogP contribution < -0.4 is 15.4 Å². The number of carbonyl (C=O) groups excluding carboxylic acids is 6. The largest absolute Gasteiger partial charge is 0.493 e. The molecule has 13 nitrogen and oxygen atoms in total. The first-order valence-corrected chi connectivity index (χ1v) is 23.7. The molecule has 0 unspecified atom stereocenters. The molecule has 68 heavy (non-hydrogen) atoms. The lowest BCUT2D eigenvalue weighted by Gasteiger charge is -2.28. The number of hydrogen-bond acceptors (Lipinski definition) is 8. The Balaban J connectivity index is 1.09. The minimum absolute atomic E-state index is 0.0708. The van der Waals surface area contributed by atoms with Crippen molar-refractivity contribution in [3.8, 4) is 5.75 Å². The van der Waals surface area contributed by atoms with E-state index in [0.29, 0.717) is 63.1 Å². The van der Waals surface area contributed by atoms with Crippen molar-refractivity contribution >= 4 is 57.2 Å². The van der Waals surface area contributed by atoms with Gasteiger partial charge >= 0.3 is 6.09 Å². The van der Waals surface area contributed by atoms with Crippen molar-refractivity contribution in [3.63, 3.8) is 0 Å². The molecule has 2 N–H and O–H groups in total. The molecule has 8 rings (SSSR count). The monoisotopic (exact) mass is 917 g/mol. The summed E-state index contributed by atoms with van der Waals surface area (Å²) >= 11 is 0. The SMILES string of the molecule is CCCCOc1ccccc1Cn1c2cc(CC(=O)[C@@H]3CCCN3C(=O)[C@H](NC(C)=O)c3ccccc3)ccc2c2ccc(CC(=O)[C@@H]3CCCN3C(=O)[C@H](NC(=O)OC)c3ccccc3)cc21. The number of likely N-dealkylation sites (tertiary alicyclic amines) is 2. The summed E-state index contributed by atoms with van der Waals surface area (Å²) in [7, 11) is 1.25. The third-order valence-corrected chi connectivity index (χ3v) is 13.2. The molecule has 4 atom stereocenters. The van der Waals surface area contributed by atoms with E-state index in [1.807, 2.05) is 72.8 Å². The van der Waals surface area contributed by atoms with Crippen LogP contribution in [0.25, 0.3) is 21.8 Å². The first kappa shape index (κ1) is 47.2. The van der Waals surface area contributed by atoms with Gasteiger partial charge < -0.3 is 34.5 Å². The van der Waals surface area contributed by atoms with Crippen LogP contribution in [0.15, 0.2) is 121 Å². The summed E-state index contributed by atoms with van der Waals surface area (Å²) < 4.78 is 13.4. The van der Waals surface area contributed by atoms with Crippen molar-refractivity contribution in [2.45, 2.75) is 95.9 Å². The number of ether oxygens (including phenoxy) is 2. The van der Waals surface area contributed by atoms with E-state index in [1.165, 1.54) is 14.0 Å². The van der Waals surface area contributed by atoms with Gasteiger partial charge in [-0.2, -0.15) is 0 Å². The maximum atomic E-state index is 14.3. The van der Waals surface area contributed by atoms with Crippen LogP contribution >= 0.6 is 0 Å².